The van der Waals surface area contributed by atoms with Gasteiger partial charge in [-0.2, -0.15) is 0 Å². The van der Waals surface area contributed by atoms with Gasteiger partial charge in [-0.3, -0.25) is 4.99 Å². The topological polar surface area (TPSA) is 45.5 Å². The Balaban J connectivity index is 2.02. The molecule has 2 atom stereocenters. The molecule has 1 N–H and O–H groups in total. The second-order valence-corrected chi connectivity index (χ2v) is 5.11. The van der Waals surface area contributed by atoms with E-state index in [-0.39, 0.29) is 12.6 Å². The zero-order valence-electron chi connectivity index (χ0n) is 11.8. The predicted octanol–water partition coefficient (Wildman–Crippen LogP) is 1.61. The molecular formula is C13H21F2N5. The standard InChI is InChI=1S/C13H21F2N5/c1-10-3-5-19(13(16-2)18-7-12(14)15)8-11(10)20-6-4-17-9-20/h4,6,9-12H,3,5,7-8H2,1-2H3,(H,16,18). The van der Waals surface area contributed by atoms with Crippen molar-refractivity contribution < 1.29 is 8.78 Å². The van der Waals surface area contributed by atoms with E-state index in [1.54, 1.807) is 19.6 Å². The van der Waals surface area contributed by atoms with Gasteiger partial charge in [0.1, 0.15) is 0 Å². The number of nitrogens with one attached hydrogen (secondary N) is 1. The number of imidazole rings is 1. The third-order valence-corrected chi connectivity index (χ3v) is 3.75. The lowest BCUT2D eigenvalue weighted by molar-refractivity contribution is 0.147. The van der Waals surface area contributed by atoms with Crippen molar-refractivity contribution in [1.29, 1.82) is 0 Å². The zero-order valence-corrected chi connectivity index (χ0v) is 11.8. The van der Waals surface area contributed by atoms with Gasteiger partial charge in [0.2, 0.25) is 0 Å². The van der Waals surface area contributed by atoms with Gasteiger partial charge in [0, 0.05) is 32.5 Å². The van der Waals surface area contributed by atoms with Crippen LogP contribution in [-0.2, 0) is 0 Å². The number of hydrogen-bond donors (Lipinski definition) is 1. The summed E-state index contributed by atoms with van der Waals surface area (Å²) in [6.07, 6.45) is 4.13. The van der Waals surface area contributed by atoms with Gasteiger partial charge < -0.3 is 14.8 Å². The third-order valence-electron chi connectivity index (χ3n) is 3.75. The third kappa shape index (κ3) is 3.46. The average molecular weight is 285 g/mol. The molecule has 1 aromatic rings. The van der Waals surface area contributed by atoms with Crippen molar-refractivity contribution in [2.24, 2.45) is 10.9 Å². The number of piperidine rings is 1. The van der Waals surface area contributed by atoms with Crippen LogP contribution in [-0.4, -0.2) is 53.5 Å². The van der Waals surface area contributed by atoms with Crippen molar-refractivity contribution >= 4 is 5.96 Å². The highest BCUT2D eigenvalue weighted by Gasteiger charge is 2.28. The normalized spacial score (nSPS) is 24.2. The first kappa shape index (κ1) is 14.7. The molecule has 20 heavy (non-hydrogen) atoms. The van der Waals surface area contributed by atoms with Gasteiger partial charge in [0.15, 0.2) is 5.96 Å². The molecule has 1 aliphatic heterocycles. The molecule has 1 saturated heterocycles. The zero-order chi connectivity index (χ0) is 14.5. The van der Waals surface area contributed by atoms with Gasteiger partial charge in [-0.25, -0.2) is 13.8 Å². The van der Waals surface area contributed by atoms with Crippen molar-refractivity contribution in [1.82, 2.24) is 19.8 Å². The van der Waals surface area contributed by atoms with Crippen LogP contribution in [0, 0.1) is 5.92 Å². The molecule has 0 aliphatic carbocycles. The van der Waals surface area contributed by atoms with Crippen LogP contribution in [0.2, 0.25) is 0 Å². The minimum atomic E-state index is -2.38. The number of hydrogen-bond acceptors (Lipinski definition) is 2. The average Bonchev–Trinajstić information content (AvgIpc) is 2.94. The first-order valence-electron chi connectivity index (χ1n) is 6.83. The first-order valence-corrected chi connectivity index (χ1v) is 6.83. The van der Waals surface area contributed by atoms with Crippen LogP contribution in [0.3, 0.4) is 0 Å². The van der Waals surface area contributed by atoms with Crippen LogP contribution >= 0.6 is 0 Å². The summed E-state index contributed by atoms with van der Waals surface area (Å²) in [6, 6.07) is 0.288. The van der Waals surface area contributed by atoms with Gasteiger partial charge in [0.25, 0.3) is 6.43 Å². The van der Waals surface area contributed by atoms with Crippen LogP contribution < -0.4 is 5.32 Å². The van der Waals surface area contributed by atoms with Gasteiger partial charge in [0.05, 0.1) is 18.9 Å². The van der Waals surface area contributed by atoms with E-state index in [4.69, 9.17) is 0 Å². The maximum Gasteiger partial charge on any atom is 0.255 e. The van der Waals surface area contributed by atoms with Gasteiger partial charge in [-0.05, 0) is 12.3 Å². The van der Waals surface area contributed by atoms with Crippen molar-refractivity contribution in [2.45, 2.75) is 25.8 Å². The fourth-order valence-corrected chi connectivity index (χ4v) is 2.60. The molecule has 7 heteroatoms. The predicted molar refractivity (Wildman–Crippen MR) is 74.0 cm³/mol. The van der Waals surface area contributed by atoms with E-state index in [1.165, 1.54) is 0 Å². The Labute approximate surface area is 117 Å². The van der Waals surface area contributed by atoms with Crippen LogP contribution in [0.25, 0.3) is 0 Å². The number of likely N-dealkylation sites (tertiary alicyclic amines) is 1. The van der Waals surface area contributed by atoms with E-state index in [0.717, 1.165) is 19.5 Å². The van der Waals surface area contributed by atoms with Gasteiger partial charge >= 0.3 is 0 Å². The fourth-order valence-electron chi connectivity index (χ4n) is 2.60. The van der Waals surface area contributed by atoms with Crippen LogP contribution in [0.15, 0.2) is 23.7 Å². The summed E-state index contributed by atoms with van der Waals surface area (Å²) in [5, 5.41) is 2.72. The molecule has 0 spiro atoms. The van der Waals surface area contributed by atoms with Gasteiger partial charge in [-0.1, -0.05) is 6.92 Å². The highest BCUT2D eigenvalue weighted by atomic mass is 19.3. The Morgan fingerprint density at radius 2 is 2.35 bits per heavy atom. The Morgan fingerprint density at radius 1 is 1.55 bits per heavy atom. The number of halogens is 2. The van der Waals surface area contributed by atoms with Crippen molar-refractivity contribution in [2.75, 3.05) is 26.7 Å². The smallest absolute Gasteiger partial charge is 0.255 e. The molecule has 0 bridgehead atoms. The summed E-state index contributed by atoms with van der Waals surface area (Å²) in [6.45, 7) is 3.42. The molecule has 0 aromatic carbocycles. The van der Waals surface area contributed by atoms with Gasteiger partial charge in [-0.15, -0.1) is 0 Å². The van der Waals surface area contributed by atoms with Crippen LogP contribution in [0.4, 0.5) is 8.78 Å². The van der Waals surface area contributed by atoms with E-state index in [2.05, 4.69) is 26.8 Å². The Kier molecular flexibility index (Phi) is 4.92. The molecule has 1 fully saturated rings. The number of nitrogens with zero attached hydrogens (tertiary/aromatic N) is 4. The molecule has 2 heterocycles. The molecular weight excluding hydrogens is 264 g/mol. The number of alkyl halides is 2. The summed E-state index contributed by atoms with van der Waals surface area (Å²) >= 11 is 0. The first-order chi connectivity index (χ1) is 9.61. The van der Waals surface area contributed by atoms with Crippen molar-refractivity contribution in [3.8, 4) is 0 Å². The maximum absolute atomic E-state index is 12.3. The highest BCUT2D eigenvalue weighted by Crippen LogP contribution is 2.27. The molecule has 1 aromatic heterocycles. The number of guanidine groups is 1. The molecule has 5 nitrogen and oxygen atoms in total. The lowest BCUT2D eigenvalue weighted by Crippen LogP contribution is -2.49. The summed E-state index contributed by atoms with van der Waals surface area (Å²) in [5.41, 5.74) is 0. The molecule has 1 aliphatic rings. The minimum absolute atomic E-state index is 0.288. The molecule has 0 amide bonds. The highest BCUT2D eigenvalue weighted by molar-refractivity contribution is 5.80. The fraction of sp³-hybridized carbons (Fsp3) is 0.692. The second kappa shape index (κ2) is 6.67. The number of rotatable bonds is 3. The second-order valence-electron chi connectivity index (χ2n) is 5.11. The maximum atomic E-state index is 12.3. The van der Waals surface area contributed by atoms with Crippen LogP contribution in [0.1, 0.15) is 19.4 Å². The van der Waals surface area contributed by atoms with Crippen molar-refractivity contribution in [3.05, 3.63) is 18.7 Å². The summed E-state index contributed by atoms with van der Waals surface area (Å²) in [4.78, 5) is 10.2. The summed E-state index contributed by atoms with van der Waals surface area (Å²) < 4.78 is 26.7. The Hall–Kier alpha value is -1.66. The molecule has 2 unspecified atom stereocenters. The van der Waals surface area contributed by atoms with Crippen molar-refractivity contribution in [3.63, 3.8) is 0 Å². The monoisotopic (exact) mass is 285 g/mol. The Morgan fingerprint density at radius 3 is 2.95 bits per heavy atom. The molecule has 0 saturated carbocycles. The quantitative estimate of drug-likeness (QED) is 0.678. The van der Waals surface area contributed by atoms with E-state index < -0.39 is 6.43 Å². The molecule has 112 valence electrons. The van der Waals surface area contributed by atoms with E-state index in [1.807, 2.05) is 11.1 Å². The minimum Gasteiger partial charge on any atom is -0.351 e. The number of aliphatic imine (C=N–C) groups is 1. The molecule has 2 rings (SSSR count). The van der Waals surface area contributed by atoms with Crippen LogP contribution in [0.5, 0.6) is 0 Å². The largest absolute Gasteiger partial charge is 0.351 e. The van der Waals surface area contributed by atoms with E-state index in [0.29, 0.717) is 11.9 Å². The molecule has 0 radical (unpaired) electrons. The summed E-state index contributed by atoms with van der Waals surface area (Å²) in [7, 11) is 1.62. The summed E-state index contributed by atoms with van der Waals surface area (Å²) in [5.74, 6) is 1.07. The van der Waals surface area contributed by atoms with E-state index in [9.17, 15) is 8.78 Å². The SMILES string of the molecule is CN=C(NCC(F)F)N1CCC(C)C(n2ccnc2)C1. The lowest BCUT2D eigenvalue weighted by atomic mass is 9.93. The lowest BCUT2D eigenvalue weighted by Gasteiger charge is -2.39. The Bertz CT molecular complexity index is 432. The number of aromatic nitrogens is 2. The van der Waals surface area contributed by atoms with E-state index >= 15 is 0 Å².